The minimum Gasteiger partial charge on any atom is -0.360 e. The molecule has 0 amide bonds. The third-order valence-corrected chi connectivity index (χ3v) is 3.72. The van der Waals surface area contributed by atoms with Gasteiger partial charge in [-0.3, -0.25) is 9.97 Å². The predicted molar refractivity (Wildman–Crippen MR) is 91.3 cm³/mol. The predicted octanol–water partition coefficient (Wildman–Crippen LogP) is 3.67. The van der Waals surface area contributed by atoms with Crippen LogP contribution < -0.4 is 0 Å². The molecule has 2 heterocycles. The molecule has 126 valence electrons. The van der Waals surface area contributed by atoms with Gasteiger partial charge < -0.3 is 9.36 Å². The van der Waals surface area contributed by atoms with Crippen LogP contribution in [0.4, 0.5) is 0 Å². The van der Waals surface area contributed by atoms with Crippen molar-refractivity contribution in [1.29, 1.82) is 0 Å². The maximum atomic E-state index is 12.5. The first-order chi connectivity index (χ1) is 12.1. The van der Waals surface area contributed by atoms with Crippen LogP contribution in [0.15, 0.2) is 52.5 Å². The maximum Gasteiger partial charge on any atom is 0.371 e. The second-order valence-corrected chi connectivity index (χ2v) is 5.50. The Kier molecular flexibility index (Phi) is 4.85. The van der Waals surface area contributed by atoms with E-state index in [1.54, 1.807) is 44.3 Å². The van der Waals surface area contributed by atoms with Crippen molar-refractivity contribution < 1.29 is 14.2 Å². The van der Waals surface area contributed by atoms with Crippen LogP contribution in [-0.2, 0) is 4.84 Å². The number of nitrogens with zero attached hydrogens (tertiary/aromatic N) is 4. The molecule has 0 atom stereocenters. The van der Waals surface area contributed by atoms with Crippen LogP contribution in [0.1, 0.15) is 28.7 Å². The van der Waals surface area contributed by atoms with E-state index in [9.17, 15) is 4.79 Å². The highest BCUT2D eigenvalue weighted by atomic mass is 35.5. The summed E-state index contributed by atoms with van der Waals surface area (Å²) in [6.07, 6.45) is 4.58. The first-order valence-electron chi connectivity index (χ1n) is 7.31. The molecule has 3 aromatic rings. The maximum absolute atomic E-state index is 12.5. The summed E-state index contributed by atoms with van der Waals surface area (Å²) in [7, 11) is 0. The lowest BCUT2D eigenvalue weighted by atomic mass is 10.1. The SMILES string of the molecule is C/C(=N\OC(=O)c1c(-c2ccccc2Cl)noc1C)c1cnccn1. The summed E-state index contributed by atoms with van der Waals surface area (Å²) >= 11 is 6.18. The lowest BCUT2D eigenvalue weighted by Gasteiger charge is -2.03. The second kappa shape index (κ2) is 7.23. The molecule has 1 aromatic carbocycles. The molecule has 0 aliphatic heterocycles. The first-order valence-corrected chi connectivity index (χ1v) is 7.69. The third kappa shape index (κ3) is 3.56. The highest BCUT2D eigenvalue weighted by molar-refractivity contribution is 6.33. The molecular weight excluding hydrogens is 344 g/mol. The number of hydrogen-bond donors (Lipinski definition) is 0. The van der Waals surface area contributed by atoms with E-state index in [1.165, 1.54) is 12.4 Å². The Hall–Kier alpha value is -3.06. The van der Waals surface area contributed by atoms with E-state index in [4.69, 9.17) is 21.0 Å². The Morgan fingerprint density at radius 2 is 2.08 bits per heavy atom. The molecule has 25 heavy (non-hydrogen) atoms. The van der Waals surface area contributed by atoms with E-state index < -0.39 is 5.97 Å². The van der Waals surface area contributed by atoms with Gasteiger partial charge in [-0.25, -0.2) is 4.79 Å². The normalized spacial score (nSPS) is 11.4. The fourth-order valence-corrected chi connectivity index (χ4v) is 2.36. The van der Waals surface area contributed by atoms with Gasteiger partial charge in [-0.2, -0.15) is 0 Å². The molecule has 0 saturated heterocycles. The number of oxime groups is 1. The van der Waals surface area contributed by atoms with E-state index in [2.05, 4.69) is 20.3 Å². The molecule has 2 aromatic heterocycles. The molecule has 0 bridgehead atoms. The number of hydrogen-bond acceptors (Lipinski definition) is 7. The summed E-state index contributed by atoms with van der Waals surface area (Å²) in [5, 5.41) is 8.18. The summed E-state index contributed by atoms with van der Waals surface area (Å²) in [6, 6.07) is 7.01. The number of halogens is 1. The molecule has 7 nitrogen and oxygen atoms in total. The van der Waals surface area contributed by atoms with Crippen molar-refractivity contribution in [3.05, 3.63) is 64.9 Å². The number of aryl methyl sites for hydroxylation is 1. The molecule has 0 fully saturated rings. The lowest BCUT2D eigenvalue weighted by molar-refractivity contribution is 0.0515. The van der Waals surface area contributed by atoms with Crippen molar-refractivity contribution in [2.45, 2.75) is 13.8 Å². The molecule has 0 aliphatic rings. The number of rotatable bonds is 4. The highest BCUT2D eigenvalue weighted by Crippen LogP contribution is 2.31. The van der Waals surface area contributed by atoms with Crippen molar-refractivity contribution in [1.82, 2.24) is 15.1 Å². The summed E-state index contributed by atoms with van der Waals surface area (Å²) in [5.74, 6) is -0.385. The monoisotopic (exact) mass is 356 g/mol. The summed E-state index contributed by atoms with van der Waals surface area (Å²) in [6.45, 7) is 3.27. The van der Waals surface area contributed by atoms with E-state index in [0.717, 1.165) is 0 Å². The van der Waals surface area contributed by atoms with Crippen LogP contribution >= 0.6 is 11.6 Å². The van der Waals surface area contributed by atoms with Crippen molar-refractivity contribution in [3.8, 4) is 11.3 Å². The summed E-state index contributed by atoms with van der Waals surface area (Å²) in [5.41, 5.74) is 1.96. The molecule has 0 N–H and O–H groups in total. The van der Waals surface area contributed by atoms with Gasteiger partial charge in [0.2, 0.25) is 0 Å². The van der Waals surface area contributed by atoms with E-state index in [0.29, 0.717) is 33.4 Å². The van der Waals surface area contributed by atoms with Gasteiger partial charge in [0, 0.05) is 18.0 Å². The lowest BCUT2D eigenvalue weighted by Crippen LogP contribution is -2.07. The Morgan fingerprint density at radius 3 is 2.80 bits per heavy atom. The first kappa shape index (κ1) is 16.8. The van der Waals surface area contributed by atoms with E-state index in [1.807, 2.05) is 0 Å². The van der Waals surface area contributed by atoms with E-state index >= 15 is 0 Å². The quantitative estimate of drug-likeness (QED) is 0.402. The zero-order valence-electron chi connectivity index (χ0n) is 13.4. The average molecular weight is 357 g/mol. The molecule has 3 rings (SSSR count). The summed E-state index contributed by atoms with van der Waals surface area (Å²) in [4.78, 5) is 25.5. The molecular formula is C17H13ClN4O3. The molecule has 8 heteroatoms. The fourth-order valence-electron chi connectivity index (χ4n) is 2.14. The van der Waals surface area contributed by atoms with Crippen LogP contribution in [0.25, 0.3) is 11.3 Å². The number of benzene rings is 1. The standard InChI is InChI=1S/C17H13ClN4O3/c1-10(14-9-19-7-8-20-14)21-25-17(23)15-11(2)24-22-16(15)12-5-3-4-6-13(12)18/h3-9H,1-2H3/b21-10+. The van der Waals surface area contributed by atoms with Gasteiger partial charge in [0.25, 0.3) is 0 Å². The van der Waals surface area contributed by atoms with E-state index in [-0.39, 0.29) is 5.56 Å². The Bertz CT molecular complexity index is 938. The van der Waals surface area contributed by atoms with Gasteiger partial charge in [-0.1, -0.05) is 40.1 Å². The summed E-state index contributed by atoms with van der Waals surface area (Å²) < 4.78 is 5.14. The van der Waals surface area contributed by atoms with Gasteiger partial charge in [0.15, 0.2) is 0 Å². The highest BCUT2D eigenvalue weighted by Gasteiger charge is 2.24. The molecule has 0 aliphatic carbocycles. The third-order valence-electron chi connectivity index (χ3n) is 3.40. The van der Waals surface area contributed by atoms with Gasteiger partial charge >= 0.3 is 5.97 Å². The van der Waals surface area contributed by atoms with Crippen LogP contribution in [0.3, 0.4) is 0 Å². The number of carbonyl (C=O) groups excluding carboxylic acids is 1. The minimum atomic E-state index is -0.697. The largest absolute Gasteiger partial charge is 0.371 e. The number of aromatic nitrogens is 3. The van der Waals surface area contributed by atoms with Gasteiger partial charge in [-0.05, 0) is 19.9 Å². The number of carbonyl (C=O) groups is 1. The average Bonchev–Trinajstić information content (AvgIpc) is 3.02. The Labute approximate surface area is 148 Å². The van der Waals surface area contributed by atoms with Crippen molar-refractivity contribution in [2.24, 2.45) is 5.16 Å². The molecule has 0 unspecified atom stereocenters. The van der Waals surface area contributed by atoms with Crippen LogP contribution in [-0.4, -0.2) is 26.8 Å². The molecule has 0 spiro atoms. The van der Waals surface area contributed by atoms with Gasteiger partial charge in [-0.15, -0.1) is 0 Å². The Balaban J connectivity index is 1.89. The molecule has 0 radical (unpaired) electrons. The van der Waals surface area contributed by atoms with Crippen molar-refractivity contribution >= 4 is 23.3 Å². The van der Waals surface area contributed by atoms with Crippen LogP contribution in [0.5, 0.6) is 0 Å². The Morgan fingerprint density at radius 1 is 1.28 bits per heavy atom. The van der Waals surface area contributed by atoms with Crippen LogP contribution in [0, 0.1) is 6.92 Å². The zero-order valence-corrected chi connectivity index (χ0v) is 14.2. The zero-order chi connectivity index (χ0) is 17.8. The van der Waals surface area contributed by atoms with Crippen molar-refractivity contribution in [2.75, 3.05) is 0 Å². The minimum absolute atomic E-state index is 0.170. The van der Waals surface area contributed by atoms with Gasteiger partial charge in [0.1, 0.15) is 28.4 Å². The topological polar surface area (TPSA) is 90.5 Å². The second-order valence-electron chi connectivity index (χ2n) is 5.09. The smallest absolute Gasteiger partial charge is 0.360 e. The van der Waals surface area contributed by atoms with Crippen molar-refractivity contribution in [3.63, 3.8) is 0 Å². The van der Waals surface area contributed by atoms with Gasteiger partial charge in [0.05, 0.1) is 11.2 Å². The van der Waals surface area contributed by atoms with Crippen LogP contribution in [0.2, 0.25) is 5.02 Å². The molecule has 0 saturated carbocycles. The fraction of sp³-hybridized carbons (Fsp3) is 0.118.